The number of benzene rings is 1. The molecule has 0 aliphatic carbocycles. The van der Waals surface area contributed by atoms with Gasteiger partial charge in [0, 0.05) is 6.07 Å². The molecule has 0 fully saturated rings. The highest BCUT2D eigenvalue weighted by Gasteiger charge is 2.21. The zero-order valence-electron chi connectivity index (χ0n) is 10.8. The van der Waals surface area contributed by atoms with Crippen LogP contribution >= 0.6 is 23.4 Å². The van der Waals surface area contributed by atoms with Gasteiger partial charge in [0.25, 0.3) is 0 Å². The van der Waals surface area contributed by atoms with E-state index in [-0.39, 0.29) is 21.4 Å². The summed E-state index contributed by atoms with van der Waals surface area (Å²) in [6, 6.07) is 1.70. The van der Waals surface area contributed by atoms with Gasteiger partial charge in [0.2, 0.25) is 5.91 Å². The highest BCUT2D eigenvalue weighted by molar-refractivity contribution is 7.99. The van der Waals surface area contributed by atoms with Gasteiger partial charge in [0.15, 0.2) is 5.16 Å². The first-order valence-corrected chi connectivity index (χ1v) is 7.18. The number of imidazole rings is 1. The van der Waals surface area contributed by atoms with Gasteiger partial charge < -0.3 is 15.4 Å². The first-order valence-electron chi connectivity index (χ1n) is 5.82. The van der Waals surface area contributed by atoms with Gasteiger partial charge in [-0.15, -0.1) is 0 Å². The van der Waals surface area contributed by atoms with Gasteiger partial charge in [-0.3, -0.25) is 9.59 Å². The van der Waals surface area contributed by atoms with Gasteiger partial charge >= 0.3 is 5.97 Å². The van der Waals surface area contributed by atoms with Crippen LogP contribution in [0, 0.1) is 5.82 Å². The zero-order chi connectivity index (χ0) is 15.7. The number of hydrogen-bond acceptors (Lipinski definition) is 4. The summed E-state index contributed by atoms with van der Waals surface area (Å²) >= 11 is 6.66. The Balaban J connectivity index is 2.62. The van der Waals surface area contributed by atoms with Gasteiger partial charge in [0.1, 0.15) is 11.9 Å². The lowest BCUT2D eigenvalue weighted by Gasteiger charge is -2.13. The smallest absolute Gasteiger partial charge is 0.313 e. The fourth-order valence-corrected chi connectivity index (χ4v) is 2.77. The number of carboxylic acid groups (broad SMARTS) is 1. The highest BCUT2D eigenvalue weighted by atomic mass is 35.5. The van der Waals surface area contributed by atoms with E-state index in [9.17, 15) is 14.0 Å². The lowest BCUT2D eigenvalue weighted by molar-refractivity contribution is -0.133. The van der Waals surface area contributed by atoms with E-state index in [1.807, 2.05) is 0 Å². The lowest BCUT2D eigenvalue weighted by atomic mass is 10.2. The topological polar surface area (TPSA) is 98.2 Å². The van der Waals surface area contributed by atoms with Crippen LogP contribution in [0.15, 0.2) is 17.3 Å². The van der Waals surface area contributed by atoms with E-state index < -0.39 is 23.7 Å². The summed E-state index contributed by atoms with van der Waals surface area (Å²) in [6.45, 7) is 1.55. The predicted molar refractivity (Wildman–Crippen MR) is 77.0 cm³/mol. The van der Waals surface area contributed by atoms with Crippen molar-refractivity contribution in [1.82, 2.24) is 9.55 Å². The minimum absolute atomic E-state index is 0.116. The fourth-order valence-electron chi connectivity index (χ4n) is 1.80. The van der Waals surface area contributed by atoms with Crippen LogP contribution in [-0.4, -0.2) is 32.3 Å². The summed E-state index contributed by atoms with van der Waals surface area (Å²) < 4.78 is 14.9. The minimum atomic E-state index is -1.03. The van der Waals surface area contributed by atoms with Crippen LogP contribution in [0.1, 0.15) is 13.0 Å². The molecular formula is C12H11ClFN3O3S. The molecule has 112 valence electrons. The molecule has 1 aromatic carbocycles. The van der Waals surface area contributed by atoms with Gasteiger partial charge in [-0.1, -0.05) is 23.4 Å². The second-order valence-corrected chi connectivity index (χ2v) is 5.63. The average molecular weight is 332 g/mol. The first kappa shape index (κ1) is 15.6. The molecule has 1 amide bonds. The number of aliphatic carboxylic acids is 1. The van der Waals surface area contributed by atoms with E-state index in [1.165, 1.54) is 10.6 Å². The van der Waals surface area contributed by atoms with Crippen LogP contribution in [0.3, 0.4) is 0 Å². The van der Waals surface area contributed by atoms with Crippen LogP contribution < -0.4 is 5.73 Å². The van der Waals surface area contributed by atoms with Crippen molar-refractivity contribution >= 4 is 46.3 Å². The molecule has 1 aromatic heterocycles. The maximum Gasteiger partial charge on any atom is 0.313 e. The summed E-state index contributed by atoms with van der Waals surface area (Å²) in [7, 11) is 0. The third-order valence-corrected chi connectivity index (χ3v) is 4.05. The number of hydrogen-bond donors (Lipinski definition) is 2. The molecule has 0 saturated carbocycles. The molecule has 6 nitrogen and oxygen atoms in total. The third kappa shape index (κ3) is 3.11. The molecule has 0 spiro atoms. The van der Waals surface area contributed by atoms with Crippen molar-refractivity contribution in [2.75, 3.05) is 5.75 Å². The van der Waals surface area contributed by atoms with Crippen LogP contribution in [0.25, 0.3) is 11.0 Å². The molecule has 0 radical (unpaired) electrons. The number of carbonyl (C=O) groups excluding carboxylic acids is 1. The second kappa shape index (κ2) is 5.90. The van der Waals surface area contributed by atoms with Crippen molar-refractivity contribution in [3.8, 4) is 0 Å². The maximum absolute atomic E-state index is 13.5. The van der Waals surface area contributed by atoms with Gasteiger partial charge in [-0.2, -0.15) is 0 Å². The SMILES string of the molecule is CC(C(N)=O)n1c(SCC(=O)O)nc2cc(F)c(Cl)cc21. The monoisotopic (exact) mass is 331 g/mol. The van der Waals surface area contributed by atoms with E-state index in [1.54, 1.807) is 6.92 Å². The van der Waals surface area contributed by atoms with E-state index in [0.717, 1.165) is 17.8 Å². The van der Waals surface area contributed by atoms with E-state index in [0.29, 0.717) is 5.52 Å². The number of rotatable bonds is 5. The van der Waals surface area contributed by atoms with Crippen molar-refractivity contribution in [2.24, 2.45) is 5.73 Å². The molecule has 21 heavy (non-hydrogen) atoms. The number of halogens is 2. The quantitative estimate of drug-likeness (QED) is 0.817. The minimum Gasteiger partial charge on any atom is -0.481 e. The lowest BCUT2D eigenvalue weighted by Crippen LogP contribution is -2.24. The van der Waals surface area contributed by atoms with Crippen LogP contribution in [0.2, 0.25) is 5.02 Å². The number of fused-ring (bicyclic) bond motifs is 1. The number of aromatic nitrogens is 2. The number of amides is 1. The number of nitrogens with zero attached hydrogens (tertiary/aromatic N) is 2. The van der Waals surface area contributed by atoms with Crippen LogP contribution in [0.5, 0.6) is 0 Å². The molecule has 2 aromatic rings. The fraction of sp³-hybridized carbons (Fsp3) is 0.250. The van der Waals surface area contributed by atoms with Crippen molar-refractivity contribution in [3.05, 3.63) is 23.0 Å². The molecule has 9 heteroatoms. The Morgan fingerprint density at radius 1 is 1.57 bits per heavy atom. The predicted octanol–water partition coefficient (Wildman–Crippen LogP) is 2.05. The van der Waals surface area contributed by atoms with Gasteiger partial charge in [0.05, 0.1) is 21.8 Å². The molecule has 1 heterocycles. The Morgan fingerprint density at radius 3 is 2.81 bits per heavy atom. The summed E-state index contributed by atoms with van der Waals surface area (Å²) in [5, 5.41) is 8.89. The van der Waals surface area contributed by atoms with Crippen molar-refractivity contribution in [3.63, 3.8) is 0 Å². The molecule has 1 atom stereocenters. The number of carboxylic acids is 1. The van der Waals surface area contributed by atoms with E-state index >= 15 is 0 Å². The summed E-state index contributed by atoms with van der Waals surface area (Å²) in [5.41, 5.74) is 5.98. The molecule has 2 rings (SSSR count). The molecule has 0 aliphatic heterocycles. The van der Waals surface area contributed by atoms with Crippen molar-refractivity contribution < 1.29 is 19.1 Å². The molecule has 0 bridgehead atoms. The van der Waals surface area contributed by atoms with Gasteiger partial charge in [-0.05, 0) is 13.0 Å². The van der Waals surface area contributed by atoms with Crippen LogP contribution in [-0.2, 0) is 9.59 Å². The average Bonchev–Trinajstić information content (AvgIpc) is 2.73. The Bertz CT molecular complexity index is 734. The zero-order valence-corrected chi connectivity index (χ0v) is 12.4. The van der Waals surface area contributed by atoms with E-state index in [4.69, 9.17) is 22.4 Å². The Kier molecular flexibility index (Phi) is 4.38. The Labute approximate surface area is 128 Å². The standard InChI is InChI=1S/C12H11ClFN3O3S/c1-5(11(15)20)17-9-2-6(13)7(14)3-8(9)16-12(17)21-4-10(18)19/h2-3,5H,4H2,1H3,(H2,15,20)(H,18,19). The first-order chi connectivity index (χ1) is 9.81. The largest absolute Gasteiger partial charge is 0.481 e. The summed E-state index contributed by atoms with van der Waals surface area (Å²) in [4.78, 5) is 26.3. The number of primary amides is 1. The van der Waals surface area contributed by atoms with E-state index in [2.05, 4.69) is 4.98 Å². The van der Waals surface area contributed by atoms with Crippen molar-refractivity contribution in [2.45, 2.75) is 18.1 Å². The van der Waals surface area contributed by atoms with Crippen LogP contribution in [0.4, 0.5) is 4.39 Å². The Morgan fingerprint density at radius 2 is 2.24 bits per heavy atom. The molecule has 0 aliphatic rings. The number of thioether (sulfide) groups is 1. The maximum atomic E-state index is 13.5. The van der Waals surface area contributed by atoms with Gasteiger partial charge in [-0.25, -0.2) is 9.37 Å². The highest BCUT2D eigenvalue weighted by Crippen LogP contribution is 2.30. The molecule has 0 saturated heterocycles. The molecular weight excluding hydrogens is 321 g/mol. The third-order valence-electron chi connectivity index (χ3n) is 2.82. The second-order valence-electron chi connectivity index (χ2n) is 4.28. The normalized spacial score (nSPS) is 12.5. The molecule has 3 N–H and O–H groups in total. The summed E-state index contributed by atoms with van der Waals surface area (Å²) in [5.74, 6) is -2.54. The summed E-state index contributed by atoms with van der Waals surface area (Å²) in [6.07, 6.45) is 0. The molecule has 1 unspecified atom stereocenters. The number of carbonyl (C=O) groups is 2. The van der Waals surface area contributed by atoms with Crippen molar-refractivity contribution in [1.29, 1.82) is 0 Å². The number of nitrogens with two attached hydrogens (primary N) is 1. The Hall–Kier alpha value is -1.80.